The molecule has 0 spiro atoms. The Bertz CT molecular complexity index is 1040. The summed E-state index contributed by atoms with van der Waals surface area (Å²) in [7, 11) is 0.405. The Kier molecular flexibility index (Phi) is 13.0. The van der Waals surface area contributed by atoms with Gasteiger partial charge in [-0.3, -0.25) is 9.59 Å². The number of carbonyl (C=O) groups excluding carboxylic acids is 2. The van der Waals surface area contributed by atoms with E-state index in [1.165, 1.54) is 12.4 Å². The van der Waals surface area contributed by atoms with E-state index in [1.54, 1.807) is 13.8 Å². The summed E-state index contributed by atoms with van der Waals surface area (Å²) in [6, 6.07) is -1.86. The molecule has 3 N–H and O–H groups in total. The first kappa shape index (κ1) is 31.0. The van der Waals surface area contributed by atoms with Crippen LogP contribution < -0.4 is 10.6 Å². The zero-order chi connectivity index (χ0) is 27.3. The third-order valence-corrected chi connectivity index (χ3v) is 6.00. The number of carbonyl (C=O) groups is 3. The number of amides is 2. The smallest absolute Gasteiger partial charge is 0.326 e. The summed E-state index contributed by atoms with van der Waals surface area (Å²) in [5.41, 5.74) is 0.457. The lowest BCUT2D eigenvalue weighted by atomic mass is 10.0. The van der Waals surface area contributed by atoms with E-state index in [0.717, 1.165) is 19.2 Å². The largest absolute Gasteiger partial charge is 0.480 e. The van der Waals surface area contributed by atoms with Crippen molar-refractivity contribution in [1.82, 2.24) is 25.5 Å². The SMILES string of the molecule is CC(C)[C@H](NC(=O)CCCC#Cc1cnc(S(C)(=O)=O)nc1)C(=O)N[C@@H](CCCCN(C)C)C(=O)O. The number of carboxylic acids is 1. The zero-order valence-electron chi connectivity index (χ0n) is 21.6. The van der Waals surface area contributed by atoms with E-state index in [4.69, 9.17) is 0 Å². The highest BCUT2D eigenvalue weighted by Gasteiger charge is 2.28. The van der Waals surface area contributed by atoms with Crippen LogP contribution in [0.5, 0.6) is 0 Å². The molecule has 1 rings (SSSR count). The molecule has 0 aliphatic rings. The molecule has 12 heteroatoms. The number of hydrogen-bond donors (Lipinski definition) is 3. The van der Waals surface area contributed by atoms with Gasteiger partial charge in [-0.05, 0) is 52.2 Å². The van der Waals surface area contributed by atoms with Crippen LogP contribution in [-0.2, 0) is 24.2 Å². The van der Waals surface area contributed by atoms with Gasteiger partial charge in [-0.2, -0.15) is 0 Å². The predicted octanol–water partition coefficient (Wildman–Crippen LogP) is 0.844. The van der Waals surface area contributed by atoms with Gasteiger partial charge in [0.05, 0.1) is 5.56 Å². The number of rotatable bonds is 14. The molecule has 0 fully saturated rings. The van der Waals surface area contributed by atoms with Gasteiger partial charge < -0.3 is 20.6 Å². The van der Waals surface area contributed by atoms with E-state index < -0.39 is 33.8 Å². The second kappa shape index (κ2) is 15.2. The maximum atomic E-state index is 12.7. The van der Waals surface area contributed by atoms with E-state index in [1.807, 2.05) is 19.0 Å². The quantitative estimate of drug-likeness (QED) is 0.182. The van der Waals surface area contributed by atoms with Crippen LogP contribution in [0.4, 0.5) is 0 Å². The van der Waals surface area contributed by atoms with Crippen molar-refractivity contribution in [3.63, 3.8) is 0 Å². The van der Waals surface area contributed by atoms with Crippen molar-refractivity contribution in [2.75, 3.05) is 26.9 Å². The van der Waals surface area contributed by atoms with Crippen molar-refractivity contribution in [2.24, 2.45) is 5.92 Å². The summed E-state index contributed by atoms with van der Waals surface area (Å²) in [4.78, 5) is 46.2. The highest BCUT2D eigenvalue weighted by molar-refractivity contribution is 7.90. The van der Waals surface area contributed by atoms with Crippen LogP contribution in [0, 0.1) is 17.8 Å². The highest BCUT2D eigenvalue weighted by Crippen LogP contribution is 2.08. The number of nitrogens with one attached hydrogen (secondary N) is 2. The highest BCUT2D eigenvalue weighted by atomic mass is 32.2. The Morgan fingerprint density at radius 2 is 1.72 bits per heavy atom. The van der Waals surface area contributed by atoms with E-state index in [9.17, 15) is 27.9 Å². The molecular formula is C24H37N5O6S. The summed E-state index contributed by atoms with van der Waals surface area (Å²) < 4.78 is 22.7. The van der Waals surface area contributed by atoms with Crippen molar-refractivity contribution in [2.45, 2.75) is 69.6 Å². The topological polar surface area (TPSA) is 159 Å². The number of nitrogens with zero attached hydrogens (tertiary/aromatic N) is 3. The van der Waals surface area contributed by atoms with E-state index in [-0.39, 0.29) is 23.4 Å². The molecule has 0 unspecified atom stereocenters. The molecule has 200 valence electrons. The number of unbranched alkanes of at least 4 members (excludes halogenated alkanes) is 2. The van der Waals surface area contributed by atoms with Gasteiger partial charge in [0.2, 0.25) is 26.8 Å². The van der Waals surface area contributed by atoms with Crippen LogP contribution in [0.2, 0.25) is 0 Å². The molecule has 36 heavy (non-hydrogen) atoms. The Morgan fingerprint density at radius 3 is 2.25 bits per heavy atom. The van der Waals surface area contributed by atoms with Gasteiger partial charge in [-0.1, -0.05) is 25.7 Å². The third kappa shape index (κ3) is 12.1. The lowest BCUT2D eigenvalue weighted by Gasteiger charge is -2.24. The van der Waals surface area contributed by atoms with Crippen molar-refractivity contribution in [1.29, 1.82) is 0 Å². The number of aromatic nitrogens is 2. The first-order valence-electron chi connectivity index (χ1n) is 11.8. The molecule has 0 saturated carbocycles. The molecule has 0 radical (unpaired) electrons. The molecule has 2 atom stereocenters. The number of sulfone groups is 1. The summed E-state index contributed by atoms with van der Waals surface area (Å²) in [5.74, 6) is 3.51. The molecule has 1 heterocycles. The average Bonchev–Trinajstić information content (AvgIpc) is 2.78. The lowest BCUT2D eigenvalue weighted by Crippen LogP contribution is -2.53. The van der Waals surface area contributed by atoms with Crippen LogP contribution in [-0.4, -0.2) is 85.2 Å². The standard InChI is InChI=1S/C24H37N5O6S/c1-17(2)21(22(31)27-19(23(32)33)12-9-10-14-29(3)4)28-20(30)13-8-6-7-11-18-15-25-24(26-16-18)36(5,34)35/h15-17,19,21H,6,8-10,12-14H2,1-5H3,(H,27,31)(H,28,30)(H,32,33)/t19-,21-/m0/s1. The summed E-state index contributed by atoms with van der Waals surface area (Å²) in [6.45, 7) is 4.39. The summed E-state index contributed by atoms with van der Waals surface area (Å²) in [5, 5.41) is 14.5. The monoisotopic (exact) mass is 523 g/mol. The molecule has 1 aromatic rings. The van der Waals surface area contributed by atoms with Gasteiger partial charge in [0, 0.05) is 31.5 Å². The van der Waals surface area contributed by atoms with E-state index in [0.29, 0.717) is 31.2 Å². The number of carboxylic acid groups (broad SMARTS) is 1. The molecule has 0 saturated heterocycles. The molecule has 11 nitrogen and oxygen atoms in total. The molecule has 0 aliphatic heterocycles. The first-order chi connectivity index (χ1) is 16.8. The van der Waals surface area contributed by atoms with Crippen LogP contribution in [0.15, 0.2) is 17.6 Å². The molecular weight excluding hydrogens is 486 g/mol. The van der Waals surface area contributed by atoms with Crippen LogP contribution in [0.1, 0.15) is 57.9 Å². The predicted molar refractivity (Wildman–Crippen MR) is 135 cm³/mol. The normalized spacial score (nSPS) is 13.0. The fraction of sp³-hybridized carbons (Fsp3) is 0.625. The minimum Gasteiger partial charge on any atom is -0.480 e. The Balaban J connectivity index is 2.55. The lowest BCUT2D eigenvalue weighted by molar-refractivity contribution is -0.142. The second-order valence-corrected chi connectivity index (χ2v) is 11.1. The maximum absolute atomic E-state index is 12.7. The molecule has 0 aliphatic carbocycles. The zero-order valence-corrected chi connectivity index (χ0v) is 22.4. The van der Waals surface area contributed by atoms with Gasteiger partial charge in [0.25, 0.3) is 0 Å². The summed E-state index contributed by atoms with van der Waals surface area (Å²) in [6.07, 6.45) is 6.43. The second-order valence-electron chi connectivity index (χ2n) is 9.17. The van der Waals surface area contributed by atoms with Gasteiger partial charge >= 0.3 is 5.97 Å². The minimum absolute atomic E-state index is 0.140. The van der Waals surface area contributed by atoms with Crippen molar-refractivity contribution >= 4 is 27.6 Å². The summed E-state index contributed by atoms with van der Waals surface area (Å²) >= 11 is 0. The third-order valence-electron chi connectivity index (χ3n) is 5.13. The van der Waals surface area contributed by atoms with Gasteiger partial charge in [-0.25, -0.2) is 23.2 Å². The Hall–Kier alpha value is -3.04. The van der Waals surface area contributed by atoms with E-state index in [2.05, 4.69) is 32.4 Å². The van der Waals surface area contributed by atoms with Crippen LogP contribution >= 0.6 is 0 Å². The molecule has 2 amide bonds. The Morgan fingerprint density at radius 1 is 1.08 bits per heavy atom. The van der Waals surface area contributed by atoms with Gasteiger partial charge in [-0.15, -0.1) is 0 Å². The van der Waals surface area contributed by atoms with Crippen LogP contribution in [0.25, 0.3) is 0 Å². The van der Waals surface area contributed by atoms with Crippen molar-refractivity contribution in [3.05, 3.63) is 18.0 Å². The van der Waals surface area contributed by atoms with Crippen molar-refractivity contribution in [3.8, 4) is 11.8 Å². The minimum atomic E-state index is -3.47. The van der Waals surface area contributed by atoms with Crippen molar-refractivity contribution < 1.29 is 27.9 Å². The number of hydrogen-bond acceptors (Lipinski definition) is 8. The fourth-order valence-corrected chi connectivity index (χ4v) is 3.64. The maximum Gasteiger partial charge on any atom is 0.326 e. The Labute approximate surface area is 213 Å². The van der Waals surface area contributed by atoms with Gasteiger partial charge in [0.1, 0.15) is 12.1 Å². The molecule has 1 aromatic heterocycles. The fourth-order valence-electron chi connectivity index (χ4n) is 3.15. The number of aliphatic carboxylic acids is 1. The molecule has 0 bridgehead atoms. The first-order valence-corrected chi connectivity index (χ1v) is 13.7. The van der Waals surface area contributed by atoms with E-state index >= 15 is 0 Å². The van der Waals surface area contributed by atoms with Crippen LogP contribution in [0.3, 0.4) is 0 Å². The molecule has 0 aromatic carbocycles. The van der Waals surface area contributed by atoms with Gasteiger partial charge in [0.15, 0.2) is 0 Å². The average molecular weight is 524 g/mol.